The van der Waals surface area contributed by atoms with Crippen molar-refractivity contribution in [3.8, 4) is 0 Å². The van der Waals surface area contributed by atoms with Crippen molar-refractivity contribution in [2.45, 2.75) is 32.7 Å². The predicted octanol–water partition coefficient (Wildman–Crippen LogP) is 2.74. The standard InChI is InChI=1S/C12H16FNO/c1-3-5-9(2)14-12(15)10-6-4-7-11(13)8-10/h4,6-9H,3,5H2,1-2H3,(H,14,15)/t9-/m1/s1. The number of nitrogens with one attached hydrogen (secondary N) is 1. The summed E-state index contributed by atoms with van der Waals surface area (Å²) < 4.78 is 12.8. The van der Waals surface area contributed by atoms with Gasteiger partial charge in [0.15, 0.2) is 0 Å². The van der Waals surface area contributed by atoms with E-state index in [4.69, 9.17) is 0 Å². The quantitative estimate of drug-likeness (QED) is 0.811. The van der Waals surface area contributed by atoms with Gasteiger partial charge < -0.3 is 5.32 Å². The summed E-state index contributed by atoms with van der Waals surface area (Å²) >= 11 is 0. The van der Waals surface area contributed by atoms with Crippen molar-refractivity contribution in [3.05, 3.63) is 35.6 Å². The van der Waals surface area contributed by atoms with Gasteiger partial charge >= 0.3 is 0 Å². The number of hydrogen-bond donors (Lipinski definition) is 1. The van der Waals surface area contributed by atoms with E-state index in [1.54, 1.807) is 6.07 Å². The maximum absolute atomic E-state index is 12.8. The van der Waals surface area contributed by atoms with Crippen molar-refractivity contribution in [2.24, 2.45) is 0 Å². The van der Waals surface area contributed by atoms with Crippen LogP contribution in [0.4, 0.5) is 4.39 Å². The molecule has 0 heterocycles. The van der Waals surface area contributed by atoms with Crippen LogP contribution in [-0.2, 0) is 0 Å². The zero-order chi connectivity index (χ0) is 11.3. The second kappa shape index (κ2) is 5.49. The van der Waals surface area contributed by atoms with E-state index in [0.717, 1.165) is 12.8 Å². The Morgan fingerprint density at radius 3 is 2.87 bits per heavy atom. The lowest BCUT2D eigenvalue weighted by molar-refractivity contribution is 0.0938. The Hall–Kier alpha value is -1.38. The minimum absolute atomic E-state index is 0.130. The molecule has 0 saturated carbocycles. The lowest BCUT2D eigenvalue weighted by Gasteiger charge is -2.12. The van der Waals surface area contributed by atoms with Crippen molar-refractivity contribution < 1.29 is 9.18 Å². The van der Waals surface area contributed by atoms with Crippen LogP contribution in [-0.4, -0.2) is 11.9 Å². The highest BCUT2D eigenvalue weighted by atomic mass is 19.1. The van der Waals surface area contributed by atoms with Crippen molar-refractivity contribution in [1.29, 1.82) is 0 Å². The molecule has 0 aliphatic carbocycles. The summed E-state index contributed by atoms with van der Waals surface area (Å²) in [5, 5.41) is 2.82. The van der Waals surface area contributed by atoms with Crippen LogP contribution >= 0.6 is 0 Å². The van der Waals surface area contributed by atoms with Crippen molar-refractivity contribution in [2.75, 3.05) is 0 Å². The average molecular weight is 209 g/mol. The molecule has 0 spiro atoms. The first-order chi connectivity index (χ1) is 7.13. The Bertz CT molecular complexity index is 338. The third-order valence-corrected chi connectivity index (χ3v) is 2.19. The van der Waals surface area contributed by atoms with E-state index in [2.05, 4.69) is 12.2 Å². The van der Waals surface area contributed by atoms with E-state index >= 15 is 0 Å². The summed E-state index contributed by atoms with van der Waals surface area (Å²) in [6, 6.07) is 5.84. The monoisotopic (exact) mass is 209 g/mol. The van der Waals surface area contributed by atoms with Gasteiger partial charge in [-0.1, -0.05) is 19.4 Å². The largest absolute Gasteiger partial charge is 0.350 e. The Balaban J connectivity index is 2.61. The summed E-state index contributed by atoms with van der Waals surface area (Å²) in [5.41, 5.74) is 0.373. The molecular formula is C12H16FNO. The first-order valence-corrected chi connectivity index (χ1v) is 5.20. The molecule has 0 saturated heterocycles. The fraction of sp³-hybridized carbons (Fsp3) is 0.417. The highest BCUT2D eigenvalue weighted by molar-refractivity contribution is 5.94. The molecule has 15 heavy (non-hydrogen) atoms. The number of hydrogen-bond acceptors (Lipinski definition) is 1. The number of carbonyl (C=O) groups is 1. The van der Waals surface area contributed by atoms with E-state index in [-0.39, 0.29) is 17.8 Å². The van der Waals surface area contributed by atoms with Gasteiger partial charge in [0.2, 0.25) is 0 Å². The van der Waals surface area contributed by atoms with Gasteiger partial charge in [0.1, 0.15) is 5.82 Å². The molecule has 1 amide bonds. The minimum Gasteiger partial charge on any atom is -0.350 e. The third-order valence-electron chi connectivity index (χ3n) is 2.19. The second-order valence-corrected chi connectivity index (χ2v) is 3.67. The molecule has 0 aromatic heterocycles. The van der Waals surface area contributed by atoms with Crippen molar-refractivity contribution in [1.82, 2.24) is 5.32 Å². The maximum atomic E-state index is 12.8. The Labute approximate surface area is 89.5 Å². The van der Waals surface area contributed by atoms with Gasteiger partial charge in [0, 0.05) is 11.6 Å². The van der Waals surface area contributed by atoms with Gasteiger partial charge in [-0.25, -0.2) is 4.39 Å². The number of carbonyl (C=O) groups excluding carboxylic acids is 1. The smallest absolute Gasteiger partial charge is 0.251 e. The van der Waals surface area contributed by atoms with Crippen molar-refractivity contribution >= 4 is 5.91 Å². The molecule has 0 unspecified atom stereocenters. The number of halogens is 1. The molecule has 0 aliphatic rings. The lowest BCUT2D eigenvalue weighted by atomic mass is 10.1. The fourth-order valence-corrected chi connectivity index (χ4v) is 1.44. The summed E-state index contributed by atoms with van der Waals surface area (Å²) in [7, 11) is 0. The highest BCUT2D eigenvalue weighted by Gasteiger charge is 2.09. The van der Waals surface area contributed by atoms with Crippen LogP contribution in [0.15, 0.2) is 24.3 Å². The van der Waals surface area contributed by atoms with E-state index in [9.17, 15) is 9.18 Å². The molecule has 82 valence electrons. The molecule has 0 aliphatic heterocycles. The van der Waals surface area contributed by atoms with E-state index in [1.807, 2.05) is 6.92 Å². The van der Waals surface area contributed by atoms with E-state index in [0.29, 0.717) is 5.56 Å². The Kier molecular flexibility index (Phi) is 4.28. The van der Waals surface area contributed by atoms with Gasteiger partial charge in [-0.3, -0.25) is 4.79 Å². The molecule has 1 aromatic rings. The zero-order valence-corrected chi connectivity index (χ0v) is 9.09. The van der Waals surface area contributed by atoms with Gasteiger partial charge in [-0.05, 0) is 31.5 Å². The van der Waals surface area contributed by atoms with Crippen LogP contribution in [0.5, 0.6) is 0 Å². The number of rotatable bonds is 4. The van der Waals surface area contributed by atoms with E-state index < -0.39 is 0 Å². The molecule has 0 fully saturated rings. The normalized spacial score (nSPS) is 12.2. The van der Waals surface area contributed by atoms with Crippen LogP contribution in [0.2, 0.25) is 0 Å². The first kappa shape index (κ1) is 11.7. The number of amides is 1. The van der Waals surface area contributed by atoms with Crippen LogP contribution in [0.25, 0.3) is 0 Å². The van der Waals surface area contributed by atoms with Gasteiger partial charge in [-0.15, -0.1) is 0 Å². The summed E-state index contributed by atoms with van der Waals surface area (Å²) in [5.74, 6) is -0.596. The molecule has 0 bridgehead atoms. The Morgan fingerprint density at radius 1 is 1.53 bits per heavy atom. The minimum atomic E-state index is -0.384. The summed E-state index contributed by atoms with van der Waals surface area (Å²) in [6.45, 7) is 4.01. The van der Waals surface area contributed by atoms with Crippen LogP contribution in [0.3, 0.4) is 0 Å². The van der Waals surface area contributed by atoms with Crippen LogP contribution < -0.4 is 5.32 Å². The maximum Gasteiger partial charge on any atom is 0.251 e. The van der Waals surface area contributed by atoms with Gasteiger partial charge in [0.05, 0.1) is 0 Å². The third kappa shape index (κ3) is 3.70. The van der Waals surface area contributed by atoms with Gasteiger partial charge in [-0.2, -0.15) is 0 Å². The topological polar surface area (TPSA) is 29.1 Å². The average Bonchev–Trinajstić information content (AvgIpc) is 2.18. The SMILES string of the molecule is CCC[C@@H](C)NC(=O)c1cccc(F)c1. The zero-order valence-electron chi connectivity index (χ0n) is 9.09. The van der Waals surface area contributed by atoms with Crippen LogP contribution in [0.1, 0.15) is 37.0 Å². The molecule has 0 radical (unpaired) electrons. The molecule has 2 nitrogen and oxygen atoms in total. The summed E-state index contributed by atoms with van der Waals surface area (Å²) in [4.78, 5) is 11.6. The number of benzene rings is 1. The highest BCUT2D eigenvalue weighted by Crippen LogP contribution is 2.04. The fourth-order valence-electron chi connectivity index (χ4n) is 1.44. The van der Waals surface area contributed by atoms with E-state index in [1.165, 1.54) is 18.2 Å². The predicted molar refractivity (Wildman–Crippen MR) is 58.2 cm³/mol. The molecule has 3 heteroatoms. The Morgan fingerprint density at radius 2 is 2.27 bits per heavy atom. The van der Waals surface area contributed by atoms with Gasteiger partial charge in [0.25, 0.3) is 5.91 Å². The molecule has 1 rings (SSSR count). The first-order valence-electron chi connectivity index (χ1n) is 5.20. The molecule has 1 aromatic carbocycles. The van der Waals surface area contributed by atoms with Crippen molar-refractivity contribution in [3.63, 3.8) is 0 Å². The lowest BCUT2D eigenvalue weighted by Crippen LogP contribution is -2.32. The summed E-state index contributed by atoms with van der Waals surface area (Å²) in [6.07, 6.45) is 1.95. The molecule has 1 N–H and O–H groups in total. The second-order valence-electron chi connectivity index (χ2n) is 3.67. The molecule has 1 atom stereocenters. The van der Waals surface area contributed by atoms with Crippen LogP contribution in [0, 0.1) is 5.82 Å². The molecular weight excluding hydrogens is 193 g/mol.